The number of methoxy groups -OCH3 is 2. The Morgan fingerprint density at radius 1 is 1.12 bits per heavy atom. The lowest BCUT2D eigenvalue weighted by molar-refractivity contribution is -0.123. The molecule has 1 aromatic heterocycles. The van der Waals surface area contributed by atoms with E-state index in [1.165, 1.54) is 32.6 Å². The van der Waals surface area contributed by atoms with Crippen molar-refractivity contribution in [1.29, 1.82) is 0 Å². The molecule has 26 heavy (non-hydrogen) atoms. The first-order valence-corrected chi connectivity index (χ1v) is 7.52. The first-order valence-electron chi connectivity index (χ1n) is 7.52. The van der Waals surface area contributed by atoms with Crippen LogP contribution in [0.15, 0.2) is 41.0 Å². The van der Waals surface area contributed by atoms with Gasteiger partial charge in [0.25, 0.3) is 5.91 Å². The van der Waals surface area contributed by atoms with Gasteiger partial charge in [-0.15, -0.1) is 0 Å². The molecule has 0 aliphatic rings. The van der Waals surface area contributed by atoms with Crippen molar-refractivity contribution in [3.63, 3.8) is 0 Å². The van der Waals surface area contributed by atoms with Crippen molar-refractivity contribution in [2.45, 2.75) is 6.54 Å². The Hall–Kier alpha value is -3.49. The predicted molar refractivity (Wildman–Crippen MR) is 88.9 cm³/mol. The maximum absolute atomic E-state index is 12.1. The number of amides is 3. The number of urea groups is 1. The van der Waals surface area contributed by atoms with Gasteiger partial charge in [0.15, 0.2) is 6.61 Å². The molecule has 2 aromatic rings. The van der Waals surface area contributed by atoms with E-state index in [1.807, 2.05) is 5.32 Å². The maximum Gasteiger partial charge on any atom is 0.342 e. The standard InChI is InChI=1S/C17H18N2O7/c1-23-11-5-6-14(24-2)13(8-11)16(21)26-10-15(20)19-17(22)18-9-12-4-3-7-25-12/h3-8H,9-10H2,1-2H3,(H2,18,19,20,22). The molecule has 138 valence electrons. The van der Waals surface area contributed by atoms with E-state index in [2.05, 4.69) is 5.32 Å². The summed E-state index contributed by atoms with van der Waals surface area (Å²) in [6.45, 7) is -0.514. The molecule has 0 bridgehead atoms. The van der Waals surface area contributed by atoms with E-state index in [9.17, 15) is 14.4 Å². The second-order valence-electron chi connectivity index (χ2n) is 4.95. The molecule has 2 rings (SSSR count). The summed E-state index contributed by atoms with van der Waals surface area (Å²) in [5.41, 5.74) is 0.0990. The first kappa shape index (κ1) is 18.8. The van der Waals surface area contributed by atoms with Crippen LogP contribution in [-0.2, 0) is 16.1 Å². The third-order valence-corrected chi connectivity index (χ3v) is 3.22. The maximum atomic E-state index is 12.1. The van der Waals surface area contributed by atoms with E-state index in [-0.39, 0.29) is 17.9 Å². The molecule has 0 fully saturated rings. The molecule has 0 saturated heterocycles. The van der Waals surface area contributed by atoms with Gasteiger partial charge in [-0.25, -0.2) is 9.59 Å². The van der Waals surface area contributed by atoms with Gasteiger partial charge in [0.05, 0.1) is 27.0 Å². The number of hydrogen-bond donors (Lipinski definition) is 2. The van der Waals surface area contributed by atoms with Gasteiger partial charge in [0.2, 0.25) is 0 Å². The number of nitrogens with one attached hydrogen (secondary N) is 2. The van der Waals surface area contributed by atoms with Crippen molar-refractivity contribution >= 4 is 17.9 Å². The third kappa shape index (κ3) is 5.26. The SMILES string of the molecule is COc1ccc(OC)c(C(=O)OCC(=O)NC(=O)NCc2ccco2)c1. The number of esters is 1. The minimum absolute atomic E-state index is 0.0990. The molecule has 9 heteroatoms. The van der Waals surface area contributed by atoms with Crippen molar-refractivity contribution < 1.29 is 33.0 Å². The van der Waals surface area contributed by atoms with Crippen LogP contribution in [0.2, 0.25) is 0 Å². The van der Waals surface area contributed by atoms with Gasteiger partial charge in [-0.1, -0.05) is 0 Å². The highest BCUT2D eigenvalue weighted by molar-refractivity contribution is 5.98. The van der Waals surface area contributed by atoms with Gasteiger partial charge < -0.3 is 23.9 Å². The molecule has 0 radical (unpaired) electrons. The Balaban J connectivity index is 1.82. The van der Waals surface area contributed by atoms with Gasteiger partial charge in [-0.2, -0.15) is 0 Å². The lowest BCUT2D eigenvalue weighted by atomic mass is 10.2. The normalized spacial score (nSPS) is 9.92. The highest BCUT2D eigenvalue weighted by Gasteiger charge is 2.17. The highest BCUT2D eigenvalue weighted by Crippen LogP contribution is 2.24. The molecule has 2 N–H and O–H groups in total. The predicted octanol–water partition coefficient (Wildman–Crippen LogP) is 1.48. The van der Waals surface area contributed by atoms with Gasteiger partial charge >= 0.3 is 12.0 Å². The first-order chi connectivity index (χ1) is 12.5. The Labute approximate surface area is 149 Å². The molecule has 0 saturated carbocycles. The monoisotopic (exact) mass is 362 g/mol. The van der Waals surface area contributed by atoms with E-state index in [4.69, 9.17) is 18.6 Å². The third-order valence-electron chi connectivity index (χ3n) is 3.22. The summed E-state index contributed by atoms with van der Waals surface area (Å²) in [5.74, 6) is -0.333. The molecule has 0 atom stereocenters. The van der Waals surface area contributed by atoms with E-state index in [0.29, 0.717) is 11.5 Å². The number of imide groups is 1. The molecule has 9 nitrogen and oxygen atoms in total. The van der Waals surface area contributed by atoms with E-state index < -0.39 is 24.5 Å². The summed E-state index contributed by atoms with van der Waals surface area (Å²) in [4.78, 5) is 35.4. The number of hydrogen-bond acceptors (Lipinski definition) is 7. The number of carbonyl (C=O) groups is 3. The van der Waals surface area contributed by atoms with Crippen molar-refractivity contribution in [3.05, 3.63) is 47.9 Å². The minimum Gasteiger partial charge on any atom is -0.497 e. The number of carbonyl (C=O) groups excluding carboxylic acids is 3. The van der Waals surface area contributed by atoms with E-state index >= 15 is 0 Å². The van der Waals surface area contributed by atoms with Crippen LogP contribution in [0.25, 0.3) is 0 Å². The fourth-order valence-corrected chi connectivity index (χ4v) is 1.97. The second-order valence-corrected chi connectivity index (χ2v) is 4.95. The fraction of sp³-hybridized carbons (Fsp3) is 0.235. The van der Waals surface area contributed by atoms with Crippen LogP contribution in [0.3, 0.4) is 0 Å². The average molecular weight is 362 g/mol. The van der Waals surface area contributed by atoms with Crippen LogP contribution >= 0.6 is 0 Å². The fourth-order valence-electron chi connectivity index (χ4n) is 1.97. The Bertz CT molecular complexity index is 771. The van der Waals surface area contributed by atoms with Crippen molar-refractivity contribution in [2.24, 2.45) is 0 Å². The molecule has 0 spiro atoms. The average Bonchev–Trinajstić information content (AvgIpc) is 3.17. The van der Waals surface area contributed by atoms with Gasteiger partial charge in [-0.3, -0.25) is 10.1 Å². The van der Waals surface area contributed by atoms with Gasteiger partial charge in [0, 0.05) is 0 Å². The summed E-state index contributed by atoms with van der Waals surface area (Å²) >= 11 is 0. The van der Waals surface area contributed by atoms with Crippen molar-refractivity contribution in [1.82, 2.24) is 10.6 Å². The van der Waals surface area contributed by atoms with Crippen LogP contribution in [0.1, 0.15) is 16.1 Å². The number of ether oxygens (including phenoxy) is 3. The molecular weight excluding hydrogens is 344 g/mol. The molecule has 0 unspecified atom stereocenters. The quantitative estimate of drug-likeness (QED) is 0.717. The van der Waals surface area contributed by atoms with Gasteiger partial charge in [0.1, 0.15) is 22.8 Å². The van der Waals surface area contributed by atoms with E-state index in [0.717, 1.165) is 0 Å². The lowest BCUT2D eigenvalue weighted by Gasteiger charge is -2.10. The molecule has 3 amide bonds. The van der Waals surface area contributed by atoms with Crippen LogP contribution in [0.4, 0.5) is 4.79 Å². The van der Waals surface area contributed by atoms with Crippen molar-refractivity contribution in [2.75, 3.05) is 20.8 Å². The second kappa shape index (κ2) is 9.11. The zero-order valence-corrected chi connectivity index (χ0v) is 14.2. The molecule has 1 aromatic carbocycles. The number of furan rings is 1. The van der Waals surface area contributed by atoms with Crippen molar-refractivity contribution in [3.8, 4) is 11.5 Å². The topological polar surface area (TPSA) is 116 Å². The zero-order valence-electron chi connectivity index (χ0n) is 14.2. The summed E-state index contributed by atoms with van der Waals surface area (Å²) in [6.07, 6.45) is 1.46. The molecule has 0 aliphatic carbocycles. The molecule has 0 aliphatic heterocycles. The molecule has 1 heterocycles. The van der Waals surface area contributed by atoms with Gasteiger partial charge in [-0.05, 0) is 30.3 Å². The van der Waals surface area contributed by atoms with E-state index in [1.54, 1.807) is 18.2 Å². The summed E-state index contributed by atoms with van der Waals surface area (Å²) < 4.78 is 20.0. The smallest absolute Gasteiger partial charge is 0.342 e. The van der Waals surface area contributed by atoms with Crippen LogP contribution < -0.4 is 20.1 Å². The summed E-state index contributed by atoms with van der Waals surface area (Å²) in [7, 11) is 2.85. The largest absolute Gasteiger partial charge is 0.497 e. The zero-order chi connectivity index (χ0) is 18.9. The Kier molecular flexibility index (Phi) is 6.60. The molecular formula is C17H18N2O7. The summed E-state index contributed by atoms with van der Waals surface area (Å²) in [5, 5.41) is 4.46. The van der Waals surface area contributed by atoms with Crippen LogP contribution in [0, 0.1) is 0 Å². The minimum atomic E-state index is -0.785. The Morgan fingerprint density at radius 3 is 2.58 bits per heavy atom. The lowest BCUT2D eigenvalue weighted by Crippen LogP contribution is -2.41. The highest BCUT2D eigenvalue weighted by atomic mass is 16.5. The Morgan fingerprint density at radius 2 is 1.92 bits per heavy atom. The number of rotatable bonds is 7. The van der Waals surface area contributed by atoms with Crippen LogP contribution in [-0.4, -0.2) is 38.7 Å². The summed E-state index contributed by atoms with van der Waals surface area (Å²) in [6, 6.07) is 7.19. The van der Waals surface area contributed by atoms with Crippen LogP contribution in [0.5, 0.6) is 11.5 Å². The number of benzene rings is 1.